The molecule has 0 N–H and O–H groups in total. The van der Waals surface area contributed by atoms with Crippen LogP contribution in [0.1, 0.15) is 17.5 Å². The van der Waals surface area contributed by atoms with Crippen LogP contribution in [-0.2, 0) is 17.9 Å². The number of nitrogens with zero attached hydrogens (tertiary/aromatic N) is 4. The summed E-state index contributed by atoms with van der Waals surface area (Å²) < 4.78 is 1.18. The molecule has 2 aromatic carbocycles. The number of carbonyl (C=O) groups is 1. The van der Waals surface area contributed by atoms with E-state index in [1.54, 1.807) is 0 Å². The monoisotopic (exact) mass is 498 g/mol. The Bertz CT molecular complexity index is 1000. The fraction of sp³-hybridized carbons (Fsp3) is 0.304. The van der Waals surface area contributed by atoms with E-state index < -0.39 is 0 Å². The largest absolute Gasteiger partial charge is 0.314 e. The molecule has 6 heteroatoms. The van der Waals surface area contributed by atoms with Gasteiger partial charge in [-0.1, -0.05) is 42.5 Å². The third-order valence-corrected chi connectivity index (χ3v) is 6.43. The van der Waals surface area contributed by atoms with Gasteiger partial charge in [-0.3, -0.25) is 19.6 Å². The molecule has 3 aliphatic heterocycles. The summed E-state index contributed by atoms with van der Waals surface area (Å²) >= 11 is 2.32. The fourth-order valence-corrected chi connectivity index (χ4v) is 5.02. The normalized spacial score (nSPS) is 19.3. The molecule has 0 saturated heterocycles. The van der Waals surface area contributed by atoms with Crippen LogP contribution in [-0.4, -0.2) is 52.7 Å². The van der Waals surface area contributed by atoms with Crippen molar-refractivity contribution in [1.29, 1.82) is 0 Å². The second-order valence-electron chi connectivity index (χ2n) is 7.73. The van der Waals surface area contributed by atoms with Gasteiger partial charge in [0.15, 0.2) is 0 Å². The summed E-state index contributed by atoms with van der Waals surface area (Å²) in [6.45, 7) is 4.76. The van der Waals surface area contributed by atoms with Gasteiger partial charge in [0.2, 0.25) is 5.96 Å². The summed E-state index contributed by atoms with van der Waals surface area (Å²) in [5.74, 6) is 0.956. The minimum Gasteiger partial charge on any atom is -0.314 e. The Labute approximate surface area is 184 Å². The zero-order valence-corrected chi connectivity index (χ0v) is 18.4. The van der Waals surface area contributed by atoms with Crippen LogP contribution in [0.25, 0.3) is 0 Å². The number of fused-ring (bicyclic) bond motifs is 2. The first-order valence-corrected chi connectivity index (χ1v) is 11.1. The maximum Gasteiger partial charge on any atom is 0.259 e. The van der Waals surface area contributed by atoms with Gasteiger partial charge >= 0.3 is 0 Å². The van der Waals surface area contributed by atoms with E-state index in [4.69, 9.17) is 0 Å². The molecule has 0 spiro atoms. The fourth-order valence-electron chi connectivity index (χ4n) is 4.41. The van der Waals surface area contributed by atoms with Gasteiger partial charge in [-0.15, -0.1) is 0 Å². The number of aliphatic imine (C=N–C) groups is 1. The van der Waals surface area contributed by atoms with E-state index in [9.17, 15) is 4.79 Å². The third kappa shape index (κ3) is 3.71. The molecule has 3 aliphatic rings. The maximum atomic E-state index is 13.5. The van der Waals surface area contributed by atoms with Crippen LogP contribution >= 0.6 is 22.6 Å². The van der Waals surface area contributed by atoms with E-state index in [1.165, 1.54) is 14.8 Å². The third-order valence-electron chi connectivity index (χ3n) is 5.76. The Kier molecular flexibility index (Phi) is 5.13. The molecular weight excluding hydrogens is 475 g/mol. The van der Waals surface area contributed by atoms with E-state index in [1.807, 2.05) is 17.0 Å². The predicted octanol–water partition coefficient (Wildman–Crippen LogP) is 3.47. The van der Waals surface area contributed by atoms with Gasteiger partial charge in [-0.25, -0.2) is 0 Å². The minimum absolute atomic E-state index is 0.119. The van der Waals surface area contributed by atoms with Gasteiger partial charge in [0.25, 0.3) is 5.91 Å². The lowest BCUT2D eigenvalue weighted by atomic mass is 10.00. The van der Waals surface area contributed by atoms with Crippen molar-refractivity contribution >= 4 is 34.5 Å². The topological polar surface area (TPSA) is 39.2 Å². The van der Waals surface area contributed by atoms with Crippen molar-refractivity contribution in [2.45, 2.75) is 19.5 Å². The molecule has 0 unspecified atom stereocenters. The number of benzene rings is 2. The van der Waals surface area contributed by atoms with E-state index in [0.717, 1.165) is 49.7 Å². The zero-order valence-electron chi connectivity index (χ0n) is 16.2. The van der Waals surface area contributed by atoms with E-state index in [2.05, 4.69) is 79.8 Å². The summed E-state index contributed by atoms with van der Waals surface area (Å²) in [6.07, 6.45) is 0.907. The average molecular weight is 498 g/mol. The predicted molar refractivity (Wildman–Crippen MR) is 122 cm³/mol. The lowest BCUT2D eigenvalue weighted by Gasteiger charge is -2.42. The molecule has 0 radical (unpaired) electrons. The van der Waals surface area contributed by atoms with E-state index in [-0.39, 0.29) is 5.91 Å². The highest BCUT2D eigenvalue weighted by atomic mass is 127. The number of carbonyl (C=O) groups excluding carboxylic acids is 1. The van der Waals surface area contributed by atoms with Crippen molar-refractivity contribution in [2.24, 2.45) is 4.99 Å². The zero-order chi connectivity index (χ0) is 19.8. The standard InChI is InChI=1S/C23H23IN4O/c24-19-8-4-7-18(13-19)15-28-22(29)20-16-26(14-17-5-2-1-3-6-17)11-9-21(20)27-12-10-25-23(27)28/h1-8,13H,9-12,14-16H2. The Morgan fingerprint density at radius 2 is 1.79 bits per heavy atom. The molecule has 0 aliphatic carbocycles. The van der Waals surface area contributed by atoms with Crippen LogP contribution in [0.2, 0.25) is 0 Å². The highest BCUT2D eigenvalue weighted by molar-refractivity contribution is 14.1. The second-order valence-corrected chi connectivity index (χ2v) is 8.97. The smallest absolute Gasteiger partial charge is 0.259 e. The van der Waals surface area contributed by atoms with Crippen molar-refractivity contribution in [3.05, 3.63) is 80.6 Å². The number of hydrogen-bond acceptors (Lipinski definition) is 4. The molecule has 0 bridgehead atoms. The first-order chi connectivity index (χ1) is 14.2. The lowest BCUT2D eigenvalue weighted by Crippen LogP contribution is -2.53. The Balaban J connectivity index is 1.41. The summed E-state index contributed by atoms with van der Waals surface area (Å²) in [5.41, 5.74) is 4.56. The molecule has 0 fully saturated rings. The Morgan fingerprint density at radius 1 is 0.966 bits per heavy atom. The molecule has 0 saturated carbocycles. The number of guanidine groups is 1. The van der Waals surface area contributed by atoms with Gasteiger partial charge in [0.1, 0.15) is 0 Å². The summed E-state index contributed by atoms with van der Waals surface area (Å²) in [4.78, 5) is 24.7. The summed E-state index contributed by atoms with van der Waals surface area (Å²) in [5, 5.41) is 0. The van der Waals surface area contributed by atoms with Crippen LogP contribution < -0.4 is 0 Å². The molecule has 5 rings (SSSR count). The Morgan fingerprint density at radius 3 is 2.62 bits per heavy atom. The van der Waals surface area contributed by atoms with E-state index in [0.29, 0.717) is 13.1 Å². The molecule has 0 atom stereocenters. The van der Waals surface area contributed by atoms with Gasteiger partial charge in [0.05, 0.1) is 18.7 Å². The molecule has 0 aromatic heterocycles. The molecule has 148 valence electrons. The first-order valence-electron chi connectivity index (χ1n) is 10.1. The average Bonchev–Trinajstić information content (AvgIpc) is 3.22. The Hall–Kier alpha value is -2.19. The number of rotatable bonds is 4. The van der Waals surface area contributed by atoms with Crippen LogP contribution in [0, 0.1) is 3.57 Å². The van der Waals surface area contributed by atoms with Crippen LogP contribution in [0.4, 0.5) is 0 Å². The summed E-state index contributed by atoms with van der Waals surface area (Å²) in [6, 6.07) is 18.8. The lowest BCUT2D eigenvalue weighted by molar-refractivity contribution is -0.125. The SMILES string of the molecule is O=C1C2=C(CCN(Cc3ccccc3)C2)N2CCN=C2N1Cc1cccc(I)c1. The minimum atomic E-state index is 0.119. The molecule has 2 aromatic rings. The first kappa shape index (κ1) is 18.8. The van der Waals surface area contributed by atoms with Crippen LogP contribution in [0.15, 0.2) is 70.9 Å². The van der Waals surface area contributed by atoms with E-state index >= 15 is 0 Å². The van der Waals surface area contributed by atoms with Crippen molar-refractivity contribution in [1.82, 2.24) is 14.7 Å². The second kappa shape index (κ2) is 7.91. The highest BCUT2D eigenvalue weighted by Crippen LogP contribution is 2.32. The quantitative estimate of drug-likeness (QED) is 0.607. The van der Waals surface area contributed by atoms with Gasteiger partial charge in [-0.05, 0) is 45.9 Å². The molecule has 5 nitrogen and oxygen atoms in total. The summed E-state index contributed by atoms with van der Waals surface area (Å²) in [7, 11) is 0. The molecule has 29 heavy (non-hydrogen) atoms. The highest BCUT2D eigenvalue weighted by Gasteiger charge is 2.40. The number of amides is 1. The number of halogens is 1. The molecular formula is C23H23IN4O. The van der Waals surface area contributed by atoms with Gasteiger partial charge < -0.3 is 4.90 Å². The van der Waals surface area contributed by atoms with Crippen LogP contribution in [0.5, 0.6) is 0 Å². The van der Waals surface area contributed by atoms with Crippen molar-refractivity contribution in [2.75, 3.05) is 26.2 Å². The van der Waals surface area contributed by atoms with Crippen molar-refractivity contribution in [3.63, 3.8) is 0 Å². The van der Waals surface area contributed by atoms with Gasteiger partial charge in [-0.2, -0.15) is 0 Å². The molecule has 1 amide bonds. The van der Waals surface area contributed by atoms with Gasteiger partial charge in [0, 0.05) is 41.9 Å². The van der Waals surface area contributed by atoms with Crippen molar-refractivity contribution in [3.8, 4) is 0 Å². The maximum absolute atomic E-state index is 13.5. The number of hydrogen-bond donors (Lipinski definition) is 0. The van der Waals surface area contributed by atoms with Crippen LogP contribution in [0.3, 0.4) is 0 Å². The van der Waals surface area contributed by atoms with Crippen molar-refractivity contribution < 1.29 is 4.79 Å². The molecule has 3 heterocycles.